The standard InChI is InChI=1S/C18H34O2.CHNO/c1-2-3-4-5-6-7-8-9-10-11-12-13-14-15-16-17-18(19)20;2-1-3/h9-10H,2-8,11-17H2,1H3,(H,19,20);2H/b10-9-;. The first-order chi connectivity index (χ1) is 11.2. The highest BCUT2D eigenvalue weighted by Gasteiger charge is 1.95. The first-order valence-electron chi connectivity index (χ1n) is 9.09. The lowest BCUT2D eigenvalue weighted by Gasteiger charge is -1.99. The van der Waals surface area contributed by atoms with Gasteiger partial charge in [0.05, 0.1) is 0 Å². The summed E-state index contributed by atoms with van der Waals surface area (Å²) in [5, 5.41) is 13.9. The molecular formula is C19H35NO3. The van der Waals surface area contributed by atoms with E-state index in [4.69, 9.17) is 15.3 Å². The third-order valence-electron chi connectivity index (χ3n) is 3.65. The van der Waals surface area contributed by atoms with Crippen LogP contribution in [-0.4, -0.2) is 17.2 Å². The predicted octanol–water partition coefficient (Wildman–Crippen LogP) is 6.01. The molecule has 0 saturated heterocycles. The van der Waals surface area contributed by atoms with Crippen molar-refractivity contribution in [3.8, 4) is 0 Å². The van der Waals surface area contributed by atoms with Crippen LogP contribution in [0.4, 0.5) is 0 Å². The fourth-order valence-corrected chi connectivity index (χ4v) is 2.35. The van der Waals surface area contributed by atoms with Crippen molar-refractivity contribution < 1.29 is 14.7 Å². The van der Waals surface area contributed by atoms with Crippen molar-refractivity contribution >= 4 is 12.0 Å². The molecule has 0 unspecified atom stereocenters. The highest BCUT2D eigenvalue weighted by Crippen LogP contribution is 2.09. The SMILES string of the molecule is CCCCCCCC/C=C\CCCCCCCC(=O)O.N=C=O. The molecule has 4 heteroatoms. The van der Waals surface area contributed by atoms with Crippen molar-refractivity contribution in [2.45, 2.75) is 96.8 Å². The van der Waals surface area contributed by atoms with Gasteiger partial charge >= 0.3 is 5.97 Å². The second kappa shape index (κ2) is 22.9. The zero-order valence-corrected chi connectivity index (χ0v) is 14.8. The van der Waals surface area contributed by atoms with Gasteiger partial charge in [0.25, 0.3) is 0 Å². The van der Waals surface area contributed by atoms with Crippen LogP contribution in [0.15, 0.2) is 12.2 Å². The number of carbonyl (C=O) groups is 1. The van der Waals surface area contributed by atoms with Crippen LogP contribution in [0.5, 0.6) is 0 Å². The molecule has 0 saturated carbocycles. The monoisotopic (exact) mass is 325 g/mol. The van der Waals surface area contributed by atoms with E-state index in [9.17, 15) is 4.79 Å². The minimum Gasteiger partial charge on any atom is -0.481 e. The van der Waals surface area contributed by atoms with Crippen LogP contribution in [0.25, 0.3) is 0 Å². The van der Waals surface area contributed by atoms with Crippen LogP contribution in [-0.2, 0) is 9.59 Å². The van der Waals surface area contributed by atoms with Crippen LogP contribution in [0, 0.1) is 5.41 Å². The second-order valence-corrected chi connectivity index (χ2v) is 5.83. The average Bonchev–Trinajstić information content (AvgIpc) is 2.51. The molecule has 0 aromatic rings. The molecule has 0 aliphatic carbocycles. The van der Waals surface area contributed by atoms with Crippen molar-refractivity contribution in [1.29, 1.82) is 5.41 Å². The minimum absolute atomic E-state index is 0.332. The number of hydrogen-bond donors (Lipinski definition) is 2. The lowest BCUT2D eigenvalue weighted by molar-refractivity contribution is -0.137. The number of unbranched alkanes of at least 4 members (excludes halogenated alkanes) is 11. The molecule has 0 bridgehead atoms. The first kappa shape index (κ1) is 23.9. The molecule has 0 aliphatic heterocycles. The van der Waals surface area contributed by atoms with Gasteiger partial charge in [-0.1, -0.05) is 70.4 Å². The van der Waals surface area contributed by atoms with Gasteiger partial charge in [-0.25, -0.2) is 10.2 Å². The summed E-state index contributed by atoms with van der Waals surface area (Å²) >= 11 is 0. The van der Waals surface area contributed by atoms with E-state index < -0.39 is 5.97 Å². The highest BCUT2D eigenvalue weighted by molar-refractivity contribution is 5.66. The van der Waals surface area contributed by atoms with Crippen LogP contribution in [0.1, 0.15) is 96.8 Å². The van der Waals surface area contributed by atoms with Crippen molar-refractivity contribution in [3.63, 3.8) is 0 Å². The minimum atomic E-state index is -0.664. The maximum atomic E-state index is 10.3. The molecule has 0 rings (SSSR count). The second-order valence-electron chi connectivity index (χ2n) is 5.83. The summed E-state index contributed by atoms with van der Waals surface area (Å²) in [5.41, 5.74) is 0. The predicted molar refractivity (Wildman–Crippen MR) is 95.5 cm³/mol. The van der Waals surface area contributed by atoms with E-state index in [0.717, 1.165) is 18.9 Å². The van der Waals surface area contributed by atoms with E-state index in [-0.39, 0.29) is 0 Å². The average molecular weight is 325 g/mol. The summed E-state index contributed by atoms with van der Waals surface area (Å²) in [6, 6.07) is 0. The molecule has 0 aromatic carbocycles. The Morgan fingerprint density at radius 2 is 1.26 bits per heavy atom. The number of hydrogen-bond acceptors (Lipinski definition) is 3. The van der Waals surface area contributed by atoms with E-state index >= 15 is 0 Å². The van der Waals surface area contributed by atoms with Gasteiger partial charge in [0, 0.05) is 6.42 Å². The molecule has 0 spiro atoms. The number of allylic oxidation sites excluding steroid dienone is 2. The van der Waals surface area contributed by atoms with E-state index in [1.165, 1.54) is 70.6 Å². The molecule has 2 N–H and O–H groups in total. The Morgan fingerprint density at radius 3 is 1.70 bits per heavy atom. The summed E-state index contributed by atoms with van der Waals surface area (Å²) in [6.07, 6.45) is 22.0. The zero-order valence-electron chi connectivity index (χ0n) is 14.8. The molecule has 0 radical (unpaired) electrons. The Kier molecular flexibility index (Phi) is 23.7. The zero-order chi connectivity index (χ0) is 17.6. The van der Waals surface area contributed by atoms with Gasteiger partial charge in [-0.3, -0.25) is 4.79 Å². The Labute approximate surface area is 141 Å². The fourth-order valence-electron chi connectivity index (χ4n) is 2.35. The Hall–Kier alpha value is -1.41. The van der Waals surface area contributed by atoms with Crippen molar-refractivity contribution in [1.82, 2.24) is 0 Å². The molecule has 23 heavy (non-hydrogen) atoms. The number of rotatable bonds is 15. The first-order valence-corrected chi connectivity index (χ1v) is 9.09. The molecule has 4 nitrogen and oxygen atoms in total. The van der Waals surface area contributed by atoms with Gasteiger partial charge in [-0.05, 0) is 32.1 Å². The topological polar surface area (TPSA) is 78.2 Å². The van der Waals surface area contributed by atoms with E-state index in [1.54, 1.807) is 0 Å². The smallest absolute Gasteiger partial charge is 0.303 e. The lowest BCUT2D eigenvalue weighted by atomic mass is 10.1. The van der Waals surface area contributed by atoms with Crippen molar-refractivity contribution in [3.05, 3.63) is 12.2 Å². The Morgan fingerprint density at radius 1 is 0.870 bits per heavy atom. The molecule has 0 fully saturated rings. The van der Waals surface area contributed by atoms with Crippen LogP contribution in [0.2, 0.25) is 0 Å². The molecule has 134 valence electrons. The number of isocyanates is 1. The van der Waals surface area contributed by atoms with Crippen molar-refractivity contribution in [2.24, 2.45) is 0 Å². The summed E-state index contributed by atoms with van der Waals surface area (Å²) in [6.45, 7) is 2.26. The largest absolute Gasteiger partial charge is 0.481 e. The molecule has 0 aromatic heterocycles. The van der Waals surface area contributed by atoms with Gasteiger partial charge in [-0.15, -0.1) is 0 Å². The maximum Gasteiger partial charge on any atom is 0.303 e. The summed E-state index contributed by atoms with van der Waals surface area (Å²) < 4.78 is 0. The fraction of sp³-hybridized carbons (Fsp3) is 0.789. The number of nitrogens with one attached hydrogen (secondary N) is 1. The quantitative estimate of drug-likeness (QED) is 0.167. The van der Waals surface area contributed by atoms with Gasteiger partial charge < -0.3 is 5.11 Å². The summed E-state index contributed by atoms with van der Waals surface area (Å²) in [7, 11) is 0. The molecule has 0 atom stereocenters. The van der Waals surface area contributed by atoms with Gasteiger partial charge in [0.2, 0.25) is 6.08 Å². The van der Waals surface area contributed by atoms with E-state index in [0.29, 0.717) is 6.42 Å². The number of carbonyl (C=O) groups excluding carboxylic acids is 1. The molecule has 0 aliphatic rings. The summed E-state index contributed by atoms with van der Waals surface area (Å²) in [5.74, 6) is -0.664. The Balaban J connectivity index is 0. The maximum absolute atomic E-state index is 10.3. The van der Waals surface area contributed by atoms with Crippen LogP contribution in [0.3, 0.4) is 0 Å². The lowest BCUT2D eigenvalue weighted by Crippen LogP contribution is -1.93. The van der Waals surface area contributed by atoms with Crippen LogP contribution < -0.4 is 0 Å². The van der Waals surface area contributed by atoms with Gasteiger partial charge in [-0.2, -0.15) is 0 Å². The number of carboxylic acid groups (broad SMARTS) is 1. The molecular weight excluding hydrogens is 290 g/mol. The highest BCUT2D eigenvalue weighted by atomic mass is 16.4. The van der Waals surface area contributed by atoms with E-state index in [2.05, 4.69) is 19.1 Å². The third-order valence-corrected chi connectivity index (χ3v) is 3.65. The third kappa shape index (κ3) is 29.3. The molecule has 0 heterocycles. The van der Waals surface area contributed by atoms with Gasteiger partial charge in [0.1, 0.15) is 0 Å². The van der Waals surface area contributed by atoms with Crippen LogP contribution >= 0.6 is 0 Å². The van der Waals surface area contributed by atoms with E-state index in [1.807, 2.05) is 0 Å². The van der Waals surface area contributed by atoms with Gasteiger partial charge in [0.15, 0.2) is 0 Å². The Bertz CT molecular complexity index is 308. The number of carboxylic acids is 1. The normalized spacial score (nSPS) is 10.1. The van der Waals surface area contributed by atoms with Crippen molar-refractivity contribution in [2.75, 3.05) is 0 Å². The summed E-state index contributed by atoms with van der Waals surface area (Å²) in [4.78, 5) is 18.7. The number of aliphatic carboxylic acids is 1. The molecule has 0 amide bonds.